The molecule has 0 aliphatic carbocycles. The topological polar surface area (TPSA) is 0 Å². The summed E-state index contributed by atoms with van der Waals surface area (Å²) in [6, 6.07) is 26.2. The average Bonchev–Trinajstić information content (AvgIpc) is 2.56. The van der Waals surface area contributed by atoms with Crippen LogP contribution in [0.25, 0.3) is 22.3 Å². The van der Waals surface area contributed by atoms with Crippen LogP contribution < -0.4 is 0 Å². The summed E-state index contributed by atoms with van der Waals surface area (Å²) in [6.45, 7) is 2.12. The van der Waals surface area contributed by atoms with Gasteiger partial charge in [-0.1, -0.05) is 66.2 Å². The molecule has 0 radical (unpaired) electrons. The molecule has 0 saturated heterocycles. The minimum atomic E-state index is 1.26. The van der Waals surface area contributed by atoms with E-state index >= 15 is 0 Å². The first kappa shape index (κ1) is 14.0. The van der Waals surface area contributed by atoms with Crippen molar-refractivity contribution in [1.29, 1.82) is 0 Å². The van der Waals surface area contributed by atoms with E-state index in [4.69, 9.17) is 0 Å². The SMILES string of the molecule is CSc1cccc(-c2ccc(-c3ccc(C)cc3)cc2)c1. The van der Waals surface area contributed by atoms with E-state index in [1.807, 2.05) is 0 Å². The normalized spacial score (nSPS) is 10.6. The van der Waals surface area contributed by atoms with Crippen LogP contribution in [0.15, 0.2) is 77.7 Å². The predicted molar refractivity (Wildman–Crippen MR) is 93.8 cm³/mol. The fourth-order valence-electron chi connectivity index (χ4n) is 2.40. The van der Waals surface area contributed by atoms with E-state index < -0.39 is 0 Å². The first-order valence-electron chi connectivity index (χ1n) is 7.08. The van der Waals surface area contributed by atoms with Gasteiger partial charge in [-0.05, 0) is 47.6 Å². The monoisotopic (exact) mass is 290 g/mol. The minimum Gasteiger partial charge on any atom is -0.130 e. The van der Waals surface area contributed by atoms with Crippen molar-refractivity contribution in [3.63, 3.8) is 0 Å². The fourth-order valence-corrected chi connectivity index (χ4v) is 2.86. The highest BCUT2D eigenvalue weighted by molar-refractivity contribution is 7.98. The molecule has 0 unspecified atom stereocenters. The van der Waals surface area contributed by atoms with Crippen molar-refractivity contribution in [2.75, 3.05) is 6.26 Å². The number of hydrogen-bond donors (Lipinski definition) is 0. The molecule has 3 aromatic carbocycles. The molecule has 0 aliphatic rings. The largest absolute Gasteiger partial charge is 0.130 e. The van der Waals surface area contributed by atoms with Crippen molar-refractivity contribution >= 4 is 11.8 Å². The molecule has 0 heterocycles. The highest BCUT2D eigenvalue weighted by Gasteiger charge is 2.01. The number of aryl methyl sites for hydroxylation is 1. The van der Waals surface area contributed by atoms with Crippen molar-refractivity contribution in [2.45, 2.75) is 11.8 Å². The van der Waals surface area contributed by atoms with Gasteiger partial charge >= 0.3 is 0 Å². The molecule has 1 heteroatoms. The second kappa shape index (κ2) is 6.19. The molecule has 3 aromatic rings. The Kier molecular flexibility index (Phi) is 4.12. The van der Waals surface area contributed by atoms with Crippen LogP contribution >= 0.6 is 11.8 Å². The van der Waals surface area contributed by atoms with Gasteiger partial charge in [0.2, 0.25) is 0 Å². The molecular weight excluding hydrogens is 272 g/mol. The van der Waals surface area contributed by atoms with E-state index in [9.17, 15) is 0 Å². The molecule has 0 bridgehead atoms. The quantitative estimate of drug-likeness (QED) is 0.529. The standard InChI is InChI=1S/C20H18S/c1-15-6-8-16(9-7-15)17-10-12-18(13-11-17)19-4-3-5-20(14-19)21-2/h3-14H,1-2H3. The van der Waals surface area contributed by atoms with Crippen molar-refractivity contribution in [3.05, 3.63) is 78.4 Å². The van der Waals surface area contributed by atoms with Gasteiger partial charge in [0.25, 0.3) is 0 Å². The van der Waals surface area contributed by atoms with E-state index in [1.165, 1.54) is 32.7 Å². The summed E-state index contributed by atoms with van der Waals surface area (Å²) in [5.41, 5.74) is 6.37. The minimum absolute atomic E-state index is 1.26. The molecule has 0 nitrogen and oxygen atoms in total. The molecule has 0 amide bonds. The van der Waals surface area contributed by atoms with E-state index in [1.54, 1.807) is 11.8 Å². The summed E-state index contributed by atoms with van der Waals surface area (Å²) in [5, 5.41) is 0. The molecule has 3 rings (SSSR count). The van der Waals surface area contributed by atoms with Gasteiger partial charge in [0.05, 0.1) is 0 Å². The zero-order valence-electron chi connectivity index (χ0n) is 12.3. The predicted octanol–water partition coefficient (Wildman–Crippen LogP) is 6.05. The summed E-state index contributed by atoms with van der Waals surface area (Å²) in [5.74, 6) is 0. The maximum Gasteiger partial charge on any atom is 0.00752 e. The lowest BCUT2D eigenvalue weighted by Gasteiger charge is -2.06. The van der Waals surface area contributed by atoms with Gasteiger partial charge in [-0.2, -0.15) is 0 Å². The number of rotatable bonds is 3. The third-order valence-electron chi connectivity index (χ3n) is 3.67. The number of hydrogen-bond acceptors (Lipinski definition) is 1. The summed E-state index contributed by atoms with van der Waals surface area (Å²) in [6.07, 6.45) is 2.11. The first-order valence-corrected chi connectivity index (χ1v) is 8.30. The van der Waals surface area contributed by atoms with E-state index in [0.29, 0.717) is 0 Å². The lowest BCUT2D eigenvalue weighted by Crippen LogP contribution is -1.81. The second-order valence-electron chi connectivity index (χ2n) is 5.18. The zero-order valence-corrected chi connectivity index (χ0v) is 13.2. The van der Waals surface area contributed by atoms with Crippen molar-refractivity contribution in [3.8, 4) is 22.3 Å². The van der Waals surface area contributed by atoms with Gasteiger partial charge < -0.3 is 0 Å². The molecule has 21 heavy (non-hydrogen) atoms. The van der Waals surface area contributed by atoms with Gasteiger partial charge in [0.1, 0.15) is 0 Å². The van der Waals surface area contributed by atoms with Crippen LogP contribution in [0.2, 0.25) is 0 Å². The van der Waals surface area contributed by atoms with Crippen LogP contribution in [0.1, 0.15) is 5.56 Å². The Morgan fingerprint density at radius 1 is 0.619 bits per heavy atom. The van der Waals surface area contributed by atoms with Gasteiger partial charge in [-0.15, -0.1) is 11.8 Å². The summed E-state index contributed by atoms with van der Waals surface area (Å²) >= 11 is 1.78. The molecule has 0 fully saturated rings. The van der Waals surface area contributed by atoms with E-state index in [2.05, 4.69) is 86.0 Å². The van der Waals surface area contributed by atoms with Crippen LogP contribution in [0.5, 0.6) is 0 Å². The van der Waals surface area contributed by atoms with Gasteiger partial charge in [-0.3, -0.25) is 0 Å². The van der Waals surface area contributed by atoms with Crippen LogP contribution in [0, 0.1) is 6.92 Å². The lowest BCUT2D eigenvalue weighted by molar-refractivity contribution is 1.45. The van der Waals surface area contributed by atoms with Gasteiger partial charge in [0.15, 0.2) is 0 Å². The molecule has 0 saturated carbocycles. The lowest BCUT2D eigenvalue weighted by atomic mass is 10.00. The van der Waals surface area contributed by atoms with Crippen LogP contribution in [-0.4, -0.2) is 6.26 Å². The Morgan fingerprint density at radius 2 is 1.14 bits per heavy atom. The highest BCUT2D eigenvalue weighted by Crippen LogP contribution is 2.27. The third kappa shape index (κ3) is 3.20. The average molecular weight is 290 g/mol. The van der Waals surface area contributed by atoms with Gasteiger partial charge in [-0.25, -0.2) is 0 Å². The van der Waals surface area contributed by atoms with Crippen LogP contribution in [-0.2, 0) is 0 Å². The van der Waals surface area contributed by atoms with Crippen LogP contribution in [0.3, 0.4) is 0 Å². The highest BCUT2D eigenvalue weighted by atomic mass is 32.2. The molecule has 0 N–H and O–H groups in total. The van der Waals surface area contributed by atoms with Crippen molar-refractivity contribution < 1.29 is 0 Å². The maximum absolute atomic E-state index is 2.24. The molecule has 0 aromatic heterocycles. The molecule has 0 atom stereocenters. The third-order valence-corrected chi connectivity index (χ3v) is 4.40. The molecule has 0 spiro atoms. The molecular formula is C20H18S. The second-order valence-corrected chi connectivity index (χ2v) is 6.05. The fraction of sp³-hybridized carbons (Fsp3) is 0.100. The summed E-state index contributed by atoms with van der Waals surface area (Å²) in [4.78, 5) is 1.30. The van der Waals surface area contributed by atoms with Gasteiger partial charge in [0, 0.05) is 4.90 Å². The van der Waals surface area contributed by atoms with Crippen LogP contribution in [0.4, 0.5) is 0 Å². The Hall–Kier alpha value is -1.99. The van der Waals surface area contributed by atoms with Crippen molar-refractivity contribution in [1.82, 2.24) is 0 Å². The summed E-state index contributed by atoms with van der Waals surface area (Å²) < 4.78 is 0. The Labute approximate surface area is 130 Å². The first-order chi connectivity index (χ1) is 10.3. The smallest absolute Gasteiger partial charge is 0.00752 e. The summed E-state index contributed by atoms with van der Waals surface area (Å²) in [7, 11) is 0. The molecule has 104 valence electrons. The van der Waals surface area contributed by atoms with E-state index in [0.717, 1.165) is 0 Å². The number of thioether (sulfide) groups is 1. The Balaban J connectivity index is 1.91. The maximum atomic E-state index is 2.24. The Bertz CT molecular complexity index is 725. The van der Waals surface area contributed by atoms with E-state index in [-0.39, 0.29) is 0 Å². The molecule has 0 aliphatic heterocycles. The number of benzene rings is 3. The van der Waals surface area contributed by atoms with Crippen molar-refractivity contribution in [2.24, 2.45) is 0 Å². The Morgan fingerprint density at radius 3 is 1.71 bits per heavy atom. The zero-order chi connectivity index (χ0) is 14.7.